The summed E-state index contributed by atoms with van der Waals surface area (Å²) in [7, 11) is -3.17. The van der Waals surface area contributed by atoms with Crippen LogP contribution in [0.4, 0.5) is 0 Å². The quantitative estimate of drug-likeness (QED) is 0.748. The molecule has 1 unspecified atom stereocenters. The summed E-state index contributed by atoms with van der Waals surface area (Å²) in [5, 5.41) is -0.390. The third-order valence-electron chi connectivity index (χ3n) is 2.80. The average Bonchev–Trinajstić information content (AvgIpc) is 2.26. The Hall–Kier alpha value is -0.170. The number of hydrogen-bond donors (Lipinski definition) is 1. The summed E-state index contributed by atoms with van der Waals surface area (Å²) in [6.07, 6.45) is -0.0257. The fourth-order valence-electron chi connectivity index (χ4n) is 1.57. The molecule has 1 N–H and O–H groups in total. The van der Waals surface area contributed by atoms with Crippen molar-refractivity contribution in [3.8, 4) is 0 Å². The van der Waals surface area contributed by atoms with Gasteiger partial charge in [-0.3, -0.25) is 4.90 Å². The van der Waals surface area contributed by atoms with Crippen molar-refractivity contribution in [3.63, 3.8) is 0 Å². The predicted molar refractivity (Wildman–Crippen MR) is 63.9 cm³/mol. The molecule has 0 aromatic heterocycles. The van der Waals surface area contributed by atoms with E-state index >= 15 is 0 Å². The zero-order chi connectivity index (χ0) is 12.2. The Labute approximate surface area is 98.2 Å². The first-order valence-electron chi connectivity index (χ1n) is 5.78. The molecule has 6 heteroatoms. The maximum atomic E-state index is 11.5. The maximum Gasteiger partial charge on any atom is 0.214 e. The summed E-state index contributed by atoms with van der Waals surface area (Å²) in [6, 6.07) is 0. The van der Waals surface area contributed by atoms with Crippen LogP contribution in [0.5, 0.6) is 0 Å². The molecule has 0 radical (unpaired) electrons. The zero-order valence-electron chi connectivity index (χ0n) is 10.3. The molecule has 1 rings (SSSR count). The first kappa shape index (κ1) is 13.9. The highest BCUT2D eigenvalue weighted by molar-refractivity contribution is 7.90. The van der Waals surface area contributed by atoms with Crippen molar-refractivity contribution in [2.45, 2.75) is 32.1 Å². The lowest BCUT2D eigenvalue weighted by Crippen LogP contribution is -2.48. The largest absolute Gasteiger partial charge is 0.374 e. The van der Waals surface area contributed by atoms with Gasteiger partial charge in [-0.15, -0.1) is 0 Å². The lowest BCUT2D eigenvalue weighted by atomic mass is 10.3. The van der Waals surface area contributed by atoms with Crippen LogP contribution >= 0.6 is 0 Å². The van der Waals surface area contributed by atoms with Crippen LogP contribution < -0.4 is 4.72 Å². The maximum absolute atomic E-state index is 11.5. The first-order chi connectivity index (χ1) is 7.45. The van der Waals surface area contributed by atoms with E-state index in [-0.39, 0.29) is 6.10 Å². The Morgan fingerprint density at radius 1 is 1.50 bits per heavy atom. The van der Waals surface area contributed by atoms with E-state index in [2.05, 4.69) is 16.5 Å². The summed E-state index contributed by atoms with van der Waals surface area (Å²) in [5.41, 5.74) is 0. The molecular weight excluding hydrogens is 228 g/mol. The van der Waals surface area contributed by atoms with Crippen molar-refractivity contribution >= 4 is 10.0 Å². The van der Waals surface area contributed by atoms with Gasteiger partial charge in [0, 0.05) is 19.6 Å². The Kier molecular flexibility index (Phi) is 5.17. The smallest absolute Gasteiger partial charge is 0.214 e. The predicted octanol–water partition coefficient (Wildman–Crippen LogP) is 0.0349. The SMILES string of the molecule is CCN1CCOC(CNS(=O)(=O)C(C)C)C1. The summed E-state index contributed by atoms with van der Waals surface area (Å²) in [5.74, 6) is 0. The monoisotopic (exact) mass is 250 g/mol. The van der Waals surface area contributed by atoms with Gasteiger partial charge in [-0.1, -0.05) is 6.92 Å². The normalized spacial score (nSPS) is 23.9. The minimum Gasteiger partial charge on any atom is -0.374 e. The topological polar surface area (TPSA) is 58.6 Å². The standard InChI is InChI=1S/C10H22N2O3S/c1-4-12-5-6-15-10(8-12)7-11-16(13,14)9(2)3/h9-11H,4-8H2,1-3H3. The van der Waals surface area contributed by atoms with E-state index in [1.807, 2.05) is 0 Å². The number of hydrogen-bond acceptors (Lipinski definition) is 4. The molecule has 0 aromatic carbocycles. The van der Waals surface area contributed by atoms with E-state index in [0.717, 1.165) is 19.6 Å². The van der Waals surface area contributed by atoms with Gasteiger partial charge in [-0.2, -0.15) is 0 Å². The van der Waals surface area contributed by atoms with Gasteiger partial charge in [0.15, 0.2) is 0 Å². The second-order valence-electron chi connectivity index (χ2n) is 4.33. The summed E-state index contributed by atoms with van der Waals surface area (Å²) in [4.78, 5) is 2.26. The minimum atomic E-state index is -3.17. The summed E-state index contributed by atoms with van der Waals surface area (Å²) >= 11 is 0. The van der Waals surface area contributed by atoms with Crippen molar-refractivity contribution in [2.75, 3.05) is 32.8 Å². The van der Waals surface area contributed by atoms with Crippen LogP contribution in [-0.2, 0) is 14.8 Å². The van der Waals surface area contributed by atoms with Crippen LogP contribution in [0.25, 0.3) is 0 Å². The number of rotatable bonds is 5. The van der Waals surface area contributed by atoms with Gasteiger partial charge in [-0.25, -0.2) is 13.1 Å². The van der Waals surface area contributed by atoms with Gasteiger partial charge in [0.1, 0.15) is 0 Å². The summed E-state index contributed by atoms with van der Waals surface area (Å²) in [6.45, 7) is 9.21. The first-order valence-corrected chi connectivity index (χ1v) is 7.32. The van der Waals surface area contributed by atoms with E-state index in [1.165, 1.54) is 0 Å². The number of ether oxygens (including phenoxy) is 1. The van der Waals surface area contributed by atoms with Gasteiger partial charge < -0.3 is 4.74 Å². The molecule has 96 valence electrons. The molecule has 1 aliphatic heterocycles. The molecule has 1 heterocycles. The van der Waals surface area contributed by atoms with Crippen molar-refractivity contribution in [1.29, 1.82) is 0 Å². The molecule has 0 aromatic rings. The Morgan fingerprint density at radius 3 is 2.75 bits per heavy atom. The van der Waals surface area contributed by atoms with Crippen LogP contribution in [-0.4, -0.2) is 57.5 Å². The van der Waals surface area contributed by atoms with Crippen molar-refractivity contribution in [2.24, 2.45) is 0 Å². The number of nitrogens with one attached hydrogen (secondary N) is 1. The second-order valence-corrected chi connectivity index (χ2v) is 6.65. The Balaban J connectivity index is 2.38. The van der Waals surface area contributed by atoms with Crippen molar-refractivity contribution < 1.29 is 13.2 Å². The number of likely N-dealkylation sites (N-methyl/N-ethyl adjacent to an activating group) is 1. The van der Waals surface area contributed by atoms with Crippen LogP contribution in [0.1, 0.15) is 20.8 Å². The third-order valence-corrected chi connectivity index (χ3v) is 4.61. The fraction of sp³-hybridized carbons (Fsp3) is 1.00. The average molecular weight is 250 g/mol. The van der Waals surface area contributed by atoms with E-state index < -0.39 is 15.3 Å². The molecule has 0 amide bonds. The molecule has 0 aliphatic carbocycles. The zero-order valence-corrected chi connectivity index (χ0v) is 11.1. The second kappa shape index (κ2) is 5.95. The molecule has 1 aliphatic rings. The minimum absolute atomic E-state index is 0.0257. The van der Waals surface area contributed by atoms with Gasteiger partial charge in [0.2, 0.25) is 10.0 Å². The molecule has 0 spiro atoms. The van der Waals surface area contributed by atoms with Gasteiger partial charge in [0.25, 0.3) is 0 Å². The highest BCUT2D eigenvalue weighted by Gasteiger charge is 2.22. The summed E-state index contributed by atoms with van der Waals surface area (Å²) < 4.78 is 31.2. The Morgan fingerprint density at radius 2 is 2.19 bits per heavy atom. The number of morpholine rings is 1. The molecule has 16 heavy (non-hydrogen) atoms. The third kappa shape index (κ3) is 4.01. The van der Waals surface area contributed by atoms with Crippen LogP contribution in [0, 0.1) is 0 Å². The van der Waals surface area contributed by atoms with Gasteiger partial charge in [0.05, 0.1) is 18.0 Å². The molecule has 0 bridgehead atoms. The van der Waals surface area contributed by atoms with Gasteiger partial charge >= 0.3 is 0 Å². The van der Waals surface area contributed by atoms with Crippen LogP contribution in [0.2, 0.25) is 0 Å². The Bertz CT molecular complexity index is 303. The molecule has 0 saturated carbocycles. The number of sulfonamides is 1. The fourth-order valence-corrected chi connectivity index (χ4v) is 2.32. The highest BCUT2D eigenvalue weighted by atomic mass is 32.2. The van der Waals surface area contributed by atoms with E-state index in [1.54, 1.807) is 13.8 Å². The van der Waals surface area contributed by atoms with Crippen molar-refractivity contribution in [3.05, 3.63) is 0 Å². The van der Waals surface area contributed by atoms with Gasteiger partial charge in [-0.05, 0) is 20.4 Å². The number of nitrogens with zero attached hydrogens (tertiary/aromatic N) is 1. The molecule has 1 atom stereocenters. The van der Waals surface area contributed by atoms with Crippen LogP contribution in [0.3, 0.4) is 0 Å². The molecule has 1 saturated heterocycles. The van der Waals surface area contributed by atoms with Crippen LogP contribution in [0.15, 0.2) is 0 Å². The lowest BCUT2D eigenvalue weighted by Gasteiger charge is -2.32. The van der Waals surface area contributed by atoms with E-state index in [9.17, 15) is 8.42 Å². The molecule has 5 nitrogen and oxygen atoms in total. The lowest BCUT2D eigenvalue weighted by molar-refractivity contribution is -0.0229. The van der Waals surface area contributed by atoms with E-state index in [4.69, 9.17) is 4.74 Å². The molecular formula is C10H22N2O3S. The van der Waals surface area contributed by atoms with Crippen molar-refractivity contribution in [1.82, 2.24) is 9.62 Å². The molecule has 1 fully saturated rings. The highest BCUT2D eigenvalue weighted by Crippen LogP contribution is 2.05. The van der Waals surface area contributed by atoms with E-state index in [0.29, 0.717) is 13.2 Å².